The molecule has 108 valence electrons. The predicted octanol–water partition coefficient (Wildman–Crippen LogP) is 2.09. The van der Waals surface area contributed by atoms with Gasteiger partial charge in [-0.3, -0.25) is 14.9 Å². The van der Waals surface area contributed by atoms with Crippen molar-refractivity contribution in [2.75, 3.05) is 0 Å². The number of hydrogen-bond acceptors (Lipinski definition) is 4. The first-order valence-electron chi connectivity index (χ1n) is 5.71. The highest BCUT2D eigenvalue weighted by atomic mass is 35.5. The summed E-state index contributed by atoms with van der Waals surface area (Å²) in [6.45, 7) is 3.30. The Hall–Kier alpha value is -2.15. The zero-order chi connectivity index (χ0) is 15.4. The van der Waals surface area contributed by atoms with Gasteiger partial charge in [-0.25, -0.2) is 4.79 Å². The summed E-state index contributed by atoms with van der Waals surface area (Å²) in [6.07, 6.45) is 0. The highest BCUT2D eigenvalue weighted by Crippen LogP contribution is 2.22. The number of carbonyl (C=O) groups is 2. The van der Waals surface area contributed by atoms with Crippen molar-refractivity contribution in [3.63, 3.8) is 0 Å². The van der Waals surface area contributed by atoms with Gasteiger partial charge in [0.15, 0.2) is 0 Å². The minimum atomic E-state index is -1.16. The average Bonchev–Trinajstić information content (AvgIpc) is 2.34. The van der Waals surface area contributed by atoms with Crippen LogP contribution in [0, 0.1) is 16.0 Å². The molecule has 8 heteroatoms. The summed E-state index contributed by atoms with van der Waals surface area (Å²) in [5, 5.41) is 21.8. The van der Waals surface area contributed by atoms with Crippen molar-refractivity contribution in [2.24, 2.45) is 5.92 Å². The zero-order valence-electron chi connectivity index (χ0n) is 10.8. The van der Waals surface area contributed by atoms with Gasteiger partial charge in [0.05, 0.1) is 15.5 Å². The minimum absolute atomic E-state index is 0.0100. The number of halogens is 1. The highest BCUT2D eigenvalue weighted by molar-refractivity contribution is 6.34. The number of nitrogens with one attached hydrogen (secondary N) is 1. The Morgan fingerprint density at radius 3 is 2.40 bits per heavy atom. The number of nitro groups is 1. The third kappa shape index (κ3) is 3.67. The molecule has 0 aliphatic heterocycles. The van der Waals surface area contributed by atoms with E-state index in [1.165, 1.54) is 6.07 Å². The predicted molar refractivity (Wildman–Crippen MR) is 71.8 cm³/mol. The number of non-ortho nitro benzene ring substituents is 1. The third-order valence-electron chi connectivity index (χ3n) is 2.63. The number of nitro benzene ring substituents is 1. The molecule has 0 radical (unpaired) electrons. The monoisotopic (exact) mass is 300 g/mol. The van der Waals surface area contributed by atoms with Gasteiger partial charge in [-0.2, -0.15) is 0 Å². The maximum absolute atomic E-state index is 11.9. The van der Waals surface area contributed by atoms with Gasteiger partial charge < -0.3 is 10.4 Å². The molecule has 2 N–H and O–H groups in total. The van der Waals surface area contributed by atoms with Crippen LogP contribution in [-0.4, -0.2) is 27.9 Å². The molecule has 0 bridgehead atoms. The van der Waals surface area contributed by atoms with Crippen molar-refractivity contribution in [1.82, 2.24) is 5.32 Å². The fraction of sp³-hybridized carbons (Fsp3) is 0.333. The summed E-state index contributed by atoms with van der Waals surface area (Å²) >= 11 is 5.80. The van der Waals surface area contributed by atoms with Gasteiger partial charge in [-0.05, 0) is 12.0 Å². The van der Waals surface area contributed by atoms with Crippen molar-refractivity contribution in [2.45, 2.75) is 19.9 Å². The fourth-order valence-electron chi connectivity index (χ4n) is 1.53. The summed E-state index contributed by atoms with van der Waals surface area (Å²) in [6, 6.07) is 2.30. The number of rotatable bonds is 5. The molecule has 1 rings (SSSR count). The molecule has 0 aliphatic carbocycles. The number of carboxylic acid groups (broad SMARTS) is 1. The van der Waals surface area contributed by atoms with Gasteiger partial charge in [0.1, 0.15) is 6.04 Å². The lowest BCUT2D eigenvalue weighted by molar-refractivity contribution is -0.384. The molecular formula is C12H13ClN2O5. The molecule has 0 heterocycles. The second-order valence-electron chi connectivity index (χ2n) is 4.45. The SMILES string of the molecule is CC(C)[C@@H](NC(=O)c1ccc([N+](=O)[O-])cc1Cl)C(=O)O. The molecule has 0 spiro atoms. The van der Waals surface area contributed by atoms with Crippen LogP contribution in [0.25, 0.3) is 0 Å². The van der Waals surface area contributed by atoms with Gasteiger partial charge in [0, 0.05) is 12.1 Å². The van der Waals surface area contributed by atoms with Gasteiger partial charge in [0.25, 0.3) is 11.6 Å². The topological polar surface area (TPSA) is 110 Å². The number of benzene rings is 1. The third-order valence-corrected chi connectivity index (χ3v) is 2.94. The van der Waals surface area contributed by atoms with E-state index >= 15 is 0 Å². The molecule has 7 nitrogen and oxygen atoms in total. The standard InChI is InChI=1S/C12H13ClN2O5/c1-6(2)10(12(17)18)14-11(16)8-4-3-7(15(19)20)5-9(8)13/h3-6,10H,1-2H3,(H,14,16)(H,17,18)/t10-/m1/s1. The quantitative estimate of drug-likeness (QED) is 0.639. The van der Waals surface area contributed by atoms with Gasteiger partial charge in [-0.15, -0.1) is 0 Å². The Morgan fingerprint density at radius 2 is 2.00 bits per heavy atom. The first kappa shape index (κ1) is 15.9. The number of aliphatic carboxylic acids is 1. The molecular weight excluding hydrogens is 288 g/mol. The smallest absolute Gasteiger partial charge is 0.326 e. The van der Waals surface area contributed by atoms with Crippen molar-refractivity contribution >= 4 is 29.2 Å². The molecule has 1 aromatic rings. The average molecular weight is 301 g/mol. The van der Waals surface area contributed by atoms with Crippen molar-refractivity contribution in [1.29, 1.82) is 0 Å². The fourth-order valence-corrected chi connectivity index (χ4v) is 1.79. The van der Waals surface area contributed by atoms with Crippen LogP contribution in [0.2, 0.25) is 5.02 Å². The van der Waals surface area contributed by atoms with Gasteiger partial charge in [0.2, 0.25) is 0 Å². The van der Waals surface area contributed by atoms with E-state index in [2.05, 4.69) is 5.32 Å². The van der Waals surface area contributed by atoms with E-state index in [-0.39, 0.29) is 22.2 Å². The highest BCUT2D eigenvalue weighted by Gasteiger charge is 2.25. The second-order valence-corrected chi connectivity index (χ2v) is 4.86. The van der Waals surface area contributed by atoms with E-state index in [1.807, 2.05) is 0 Å². The lowest BCUT2D eigenvalue weighted by Gasteiger charge is -2.18. The molecule has 0 saturated heterocycles. The Labute approximate surface area is 119 Å². The van der Waals surface area contributed by atoms with Crippen LogP contribution < -0.4 is 5.32 Å². The number of carbonyl (C=O) groups excluding carboxylic acids is 1. The van der Waals surface area contributed by atoms with Crippen LogP contribution in [0.1, 0.15) is 24.2 Å². The Morgan fingerprint density at radius 1 is 1.40 bits per heavy atom. The maximum Gasteiger partial charge on any atom is 0.326 e. The minimum Gasteiger partial charge on any atom is -0.480 e. The first-order valence-corrected chi connectivity index (χ1v) is 6.09. The molecule has 20 heavy (non-hydrogen) atoms. The van der Waals surface area contributed by atoms with E-state index in [4.69, 9.17) is 16.7 Å². The molecule has 0 unspecified atom stereocenters. The number of amides is 1. The van der Waals surface area contributed by atoms with Crippen LogP contribution in [0.5, 0.6) is 0 Å². The largest absolute Gasteiger partial charge is 0.480 e. The molecule has 1 aromatic carbocycles. The number of carboxylic acids is 1. The molecule has 0 saturated carbocycles. The van der Waals surface area contributed by atoms with E-state index in [1.54, 1.807) is 13.8 Å². The number of nitrogens with zero attached hydrogens (tertiary/aromatic N) is 1. The Kier molecular flexibility index (Phi) is 5.04. The summed E-state index contributed by atoms with van der Waals surface area (Å²) in [7, 11) is 0. The maximum atomic E-state index is 11.9. The Balaban J connectivity index is 2.98. The second kappa shape index (κ2) is 6.33. The number of hydrogen-bond donors (Lipinski definition) is 2. The van der Waals surface area contributed by atoms with Crippen LogP contribution in [0.4, 0.5) is 5.69 Å². The summed E-state index contributed by atoms with van der Waals surface area (Å²) < 4.78 is 0. The van der Waals surface area contributed by atoms with Gasteiger partial charge >= 0.3 is 5.97 Å². The first-order chi connectivity index (χ1) is 9.23. The van der Waals surface area contributed by atoms with E-state index in [0.717, 1.165) is 12.1 Å². The van der Waals surface area contributed by atoms with E-state index in [0.29, 0.717) is 0 Å². The lowest BCUT2D eigenvalue weighted by Crippen LogP contribution is -2.44. The normalized spacial score (nSPS) is 12.0. The lowest BCUT2D eigenvalue weighted by atomic mass is 10.0. The molecule has 0 aliphatic rings. The molecule has 0 aromatic heterocycles. The molecule has 1 amide bonds. The van der Waals surface area contributed by atoms with Gasteiger partial charge in [-0.1, -0.05) is 25.4 Å². The summed E-state index contributed by atoms with van der Waals surface area (Å²) in [4.78, 5) is 32.9. The zero-order valence-corrected chi connectivity index (χ0v) is 11.5. The van der Waals surface area contributed by atoms with Crippen LogP contribution in [0.3, 0.4) is 0 Å². The summed E-state index contributed by atoms with van der Waals surface area (Å²) in [5.74, 6) is -2.16. The Bertz CT molecular complexity index is 559. The molecule has 1 atom stereocenters. The molecule has 0 fully saturated rings. The summed E-state index contributed by atoms with van der Waals surface area (Å²) in [5.41, 5.74) is -0.255. The van der Waals surface area contributed by atoms with Crippen LogP contribution in [-0.2, 0) is 4.79 Å². The van der Waals surface area contributed by atoms with Crippen LogP contribution >= 0.6 is 11.6 Å². The van der Waals surface area contributed by atoms with Crippen molar-refractivity contribution in [3.05, 3.63) is 38.9 Å². The van der Waals surface area contributed by atoms with E-state index < -0.39 is 22.8 Å². The van der Waals surface area contributed by atoms with E-state index in [9.17, 15) is 19.7 Å². The van der Waals surface area contributed by atoms with Crippen molar-refractivity contribution < 1.29 is 19.6 Å². The van der Waals surface area contributed by atoms with Crippen LogP contribution in [0.15, 0.2) is 18.2 Å². The van der Waals surface area contributed by atoms with Crippen molar-refractivity contribution in [3.8, 4) is 0 Å².